The van der Waals surface area contributed by atoms with Crippen molar-refractivity contribution in [2.24, 2.45) is 0 Å². The Labute approximate surface area is 156 Å². The molecule has 8 heteroatoms. The fourth-order valence-corrected chi connectivity index (χ4v) is 2.30. The molecule has 1 atom stereocenters. The van der Waals surface area contributed by atoms with Gasteiger partial charge in [0, 0.05) is 11.0 Å². The Balaban J connectivity index is 2.91. The molecule has 0 unspecified atom stereocenters. The van der Waals surface area contributed by atoms with Crippen LogP contribution in [0.3, 0.4) is 0 Å². The van der Waals surface area contributed by atoms with E-state index in [1.165, 1.54) is 19.0 Å². The number of nitrogens with zero attached hydrogens (tertiary/aromatic N) is 1. The van der Waals surface area contributed by atoms with Crippen LogP contribution in [-0.2, 0) is 20.8 Å². The maximum atomic E-state index is 12.1. The Bertz CT molecular complexity index is 596. The highest BCUT2D eigenvalue weighted by Crippen LogP contribution is 2.15. The second kappa shape index (κ2) is 8.64. The number of esters is 1. The number of hydrogen-bond donors (Lipinski definition) is 2. The highest BCUT2D eigenvalue weighted by atomic mass is 79.9. The van der Waals surface area contributed by atoms with Crippen molar-refractivity contribution in [2.75, 3.05) is 13.7 Å². The van der Waals surface area contributed by atoms with Crippen LogP contribution in [-0.4, -0.2) is 47.0 Å². The molecule has 1 rings (SSSR count). The standard InChI is InChI=1S/C17H25BrN2O5/c1-16(2,3)25-15(22)19-20(11-17(4,23)14(21)24-5)10-12-6-8-13(18)9-7-12/h6-9,23H,10-11H2,1-5H3,(H,19,22)/t17-/m1/s1. The Morgan fingerprint density at radius 2 is 1.76 bits per heavy atom. The van der Waals surface area contributed by atoms with Gasteiger partial charge in [0.25, 0.3) is 0 Å². The fourth-order valence-electron chi connectivity index (χ4n) is 2.03. The molecule has 2 N–H and O–H groups in total. The minimum Gasteiger partial charge on any atom is -0.467 e. The van der Waals surface area contributed by atoms with Crippen LogP contribution in [0.5, 0.6) is 0 Å². The highest BCUT2D eigenvalue weighted by molar-refractivity contribution is 9.10. The van der Waals surface area contributed by atoms with Crippen molar-refractivity contribution in [1.29, 1.82) is 0 Å². The van der Waals surface area contributed by atoms with Crippen molar-refractivity contribution in [3.05, 3.63) is 34.3 Å². The molecule has 0 saturated heterocycles. The van der Waals surface area contributed by atoms with Crippen LogP contribution in [0.1, 0.15) is 33.3 Å². The highest BCUT2D eigenvalue weighted by Gasteiger charge is 2.34. The monoisotopic (exact) mass is 416 g/mol. The van der Waals surface area contributed by atoms with Gasteiger partial charge in [-0.05, 0) is 45.4 Å². The summed E-state index contributed by atoms with van der Waals surface area (Å²) >= 11 is 3.36. The molecular formula is C17H25BrN2O5. The average molecular weight is 417 g/mol. The minimum atomic E-state index is -1.79. The molecule has 1 aromatic rings. The lowest BCUT2D eigenvalue weighted by atomic mass is 10.1. The number of aliphatic hydroxyl groups is 1. The molecule has 1 aromatic carbocycles. The molecule has 0 spiro atoms. The number of hydrazine groups is 1. The van der Waals surface area contributed by atoms with E-state index >= 15 is 0 Å². The summed E-state index contributed by atoms with van der Waals surface area (Å²) < 4.78 is 10.8. The summed E-state index contributed by atoms with van der Waals surface area (Å²) in [6, 6.07) is 7.44. The van der Waals surface area contributed by atoms with Crippen molar-refractivity contribution in [2.45, 2.75) is 45.4 Å². The molecule has 0 aliphatic rings. The molecule has 0 saturated carbocycles. The van der Waals surface area contributed by atoms with E-state index in [-0.39, 0.29) is 13.1 Å². The maximum absolute atomic E-state index is 12.1. The van der Waals surface area contributed by atoms with E-state index in [9.17, 15) is 14.7 Å². The minimum absolute atomic E-state index is 0.172. The normalized spacial score (nSPS) is 13.9. The topological polar surface area (TPSA) is 88.1 Å². The van der Waals surface area contributed by atoms with Gasteiger partial charge < -0.3 is 14.6 Å². The van der Waals surface area contributed by atoms with Crippen LogP contribution in [0, 0.1) is 0 Å². The van der Waals surface area contributed by atoms with Crippen LogP contribution in [0.25, 0.3) is 0 Å². The fraction of sp³-hybridized carbons (Fsp3) is 0.529. The summed E-state index contributed by atoms with van der Waals surface area (Å²) in [5.74, 6) is -0.792. The molecule has 0 bridgehead atoms. The largest absolute Gasteiger partial charge is 0.467 e. The summed E-state index contributed by atoms with van der Waals surface area (Å²) in [4.78, 5) is 23.8. The van der Waals surface area contributed by atoms with Crippen molar-refractivity contribution in [3.63, 3.8) is 0 Å². The third-order valence-electron chi connectivity index (χ3n) is 3.06. The van der Waals surface area contributed by atoms with E-state index in [0.717, 1.165) is 10.0 Å². The van der Waals surface area contributed by atoms with Crippen LogP contribution in [0.2, 0.25) is 0 Å². The van der Waals surface area contributed by atoms with Gasteiger partial charge in [0.05, 0.1) is 13.7 Å². The summed E-state index contributed by atoms with van der Waals surface area (Å²) in [6.45, 7) is 6.65. The van der Waals surface area contributed by atoms with Gasteiger partial charge in [-0.25, -0.2) is 14.6 Å². The Hall–Kier alpha value is -1.64. The van der Waals surface area contributed by atoms with Gasteiger partial charge in [-0.15, -0.1) is 0 Å². The van der Waals surface area contributed by atoms with Crippen LogP contribution in [0.15, 0.2) is 28.7 Å². The van der Waals surface area contributed by atoms with Gasteiger partial charge >= 0.3 is 12.1 Å². The molecule has 140 valence electrons. The van der Waals surface area contributed by atoms with Crippen molar-refractivity contribution < 1.29 is 24.2 Å². The molecule has 0 aromatic heterocycles. The Morgan fingerprint density at radius 1 is 1.20 bits per heavy atom. The van der Waals surface area contributed by atoms with Gasteiger partial charge in [0.2, 0.25) is 0 Å². The predicted octanol–water partition coefficient (Wildman–Crippen LogP) is 2.61. The molecule has 0 radical (unpaired) electrons. The molecule has 0 fully saturated rings. The third-order valence-corrected chi connectivity index (χ3v) is 3.59. The van der Waals surface area contributed by atoms with Crippen molar-refractivity contribution in [1.82, 2.24) is 10.4 Å². The molecular weight excluding hydrogens is 392 g/mol. The lowest BCUT2D eigenvalue weighted by Crippen LogP contribution is -2.53. The molecule has 0 aliphatic heterocycles. The quantitative estimate of drug-likeness (QED) is 0.547. The van der Waals surface area contributed by atoms with Crippen molar-refractivity contribution in [3.8, 4) is 0 Å². The molecule has 1 amide bonds. The molecule has 25 heavy (non-hydrogen) atoms. The number of nitrogens with one attached hydrogen (secondary N) is 1. The number of carbonyl (C=O) groups excluding carboxylic acids is 2. The number of hydrogen-bond acceptors (Lipinski definition) is 6. The number of amides is 1. The lowest BCUT2D eigenvalue weighted by molar-refractivity contribution is -0.163. The first-order chi connectivity index (χ1) is 11.4. The first-order valence-electron chi connectivity index (χ1n) is 7.73. The summed E-state index contributed by atoms with van der Waals surface area (Å²) in [6.07, 6.45) is -0.676. The molecule has 0 heterocycles. The van der Waals surface area contributed by atoms with E-state index in [1.54, 1.807) is 20.8 Å². The van der Waals surface area contributed by atoms with Gasteiger partial charge in [0.1, 0.15) is 5.60 Å². The second-order valence-corrected chi connectivity index (χ2v) is 7.78. The number of benzene rings is 1. The van der Waals surface area contributed by atoms with Gasteiger partial charge in [-0.3, -0.25) is 5.43 Å². The maximum Gasteiger partial charge on any atom is 0.422 e. The zero-order valence-electron chi connectivity index (χ0n) is 15.1. The zero-order chi connectivity index (χ0) is 19.3. The predicted molar refractivity (Wildman–Crippen MR) is 96.6 cm³/mol. The lowest BCUT2D eigenvalue weighted by Gasteiger charge is -2.31. The first-order valence-corrected chi connectivity index (χ1v) is 8.52. The summed E-state index contributed by atoms with van der Waals surface area (Å²) in [7, 11) is 1.19. The zero-order valence-corrected chi connectivity index (χ0v) is 16.7. The first kappa shape index (κ1) is 21.4. The number of rotatable bonds is 6. The number of carbonyl (C=O) groups is 2. The van der Waals surface area contributed by atoms with Crippen LogP contribution < -0.4 is 5.43 Å². The Morgan fingerprint density at radius 3 is 2.24 bits per heavy atom. The molecule has 0 aliphatic carbocycles. The summed E-state index contributed by atoms with van der Waals surface area (Å²) in [5, 5.41) is 11.7. The smallest absolute Gasteiger partial charge is 0.422 e. The van der Waals surface area contributed by atoms with Gasteiger partial charge in [-0.1, -0.05) is 28.1 Å². The van der Waals surface area contributed by atoms with Crippen LogP contribution >= 0.6 is 15.9 Å². The van der Waals surface area contributed by atoms with E-state index in [0.29, 0.717) is 0 Å². The summed E-state index contributed by atoms with van der Waals surface area (Å²) in [5.41, 5.74) is 0.978. The SMILES string of the molecule is COC(=O)[C@](C)(O)CN(Cc1ccc(Br)cc1)NC(=O)OC(C)(C)C. The molecule has 7 nitrogen and oxygen atoms in total. The third kappa shape index (κ3) is 7.85. The van der Waals surface area contributed by atoms with E-state index in [1.807, 2.05) is 24.3 Å². The van der Waals surface area contributed by atoms with E-state index < -0.39 is 23.3 Å². The number of halogens is 1. The van der Waals surface area contributed by atoms with Crippen molar-refractivity contribution >= 4 is 28.0 Å². The second-order valence-electron chi connectivity index (χ2n) is 6.86. The Kier molecular flexibility index (Phi) is 7.40. The number of methoxy groups -OCH3 is 1. The average Bonchev–Trinajstić information content (AvgIpc) is 2.46. The van der Waals surface area contributed by atoms with E-state index in [4.69, 9.17) is 4.74 Å². The van der Waals surface area contributed by atoms with Gasteiger partial charge in [0.15, 0.2) is 5.60 Å². The van der Waals surface area contributed by atoms with E-state index in [2.05, 4.69) is 26.1 Å². The van der Waals surface area contributed by atoms with Gasteiger partial charge in [-0.2, -0.15) is 0 Å². The number of ether oxygens (including phenoxy) is 2. The van der Waals surface area contributed by atoms with Crippen LogP contribution in [0.4, 0.5) is 4.79 Å².